The van der Waals surface area contributed by atoms with E-state index in [2.05, 4.69) is 20.8 Å². The van der Waals surface area contributed by atoms with Gasteiger partial charge in [0.05, 0.1) is 0 Å². The standard InChI is InChI=1S/C27H56/c1-4-7-9-10-11-12-13-14-15-16-17-18-19-20-21-22-24-26-27(6-3)25-23-8-5-2/h27H,4-26H2,1-3H3. The lowest BCUT2D eigenvalue weighted by Crippen LogP contribution is -1.99. The van der Waals surface area contributed by atoms with Gasteiger partial charge >= 0.3 is 0 Å². The van der Waals surface area contributed by atoms with Crippen LogP contribution in [0.1, 0.15) is 168 Å². The lowest BCUT2D eigenvalue weighted by atomic mass is 9.92. The number of hydrogen-bond donors (Lipinski definition) is 0. The van der Waals surface area contributed by atoms with Crippen molar-refractivity contribution in [2.24, 2.45) is 5.92 Å². The zero-order valence-electron chi connectivity index (χ0n) is 19.8. The van der Waals surface area contributed by atoms with E-state index in [9.17, 15) is 0 Å². The topological polar surface area (TPSA) is 0 Å². The first-order chi connectivity index (χ1) is 13.3. The van der Waals surface area contributed by atoms with Crippen molar-refractivity contribution in [1.29, 1.82) is 0 Å². The van der Waals surface area contributed by atoms with Crippen LogP contribution in [0.15, 0.2) is 0 Å². The second kappa shape index (κ2) is 24.0. The van der Waals surface area contributed by atoms with E-state index in [1.807, 2.05) is 0 Å². The number of rotatable bonds is 23. The van der Waals surface area contributed by atoms with Crippen LogP contribution in [-0.4, -0.2) is 0 Å². The first kappa shape index (κ1) is 27.0. The highest BCUT2D eigenvalue weighted by atomic mass is 14.1. The highest BCUT2D eigenvalue weighted by Gasteiger charge is 2.05. The Morgan fingerprint density at radius 3 is 0.926 bits per heavy atom. The van der Waals surface area contributed by atoms with Crippen LogP contribution in [0.5, 0.6) is 0 Å². The van der Waals surface area contributed by atoms with Crippen molar-refractivity contribution in [2.75, 3.05) is 0 Å². The Morgan fingerprint density at radius 1 is 0.333 bits per heavy atom. The summed E-state index contributed by atoms with van der Waals surface area (Å²) in [4.78, 5) is 0. The molecule has 0 fully saturated rings. The number of hydrogen-bond acceptors (Lipinski definition) is 0. The van der Waals surface area contributed by atoms with E-state index in [1.165, 1.54) is 148 Å². The Hall–Kier alpha value is 0. The predicted molar refractivity (Wildman–Crippen MR) is 127 cm³/mol. The zero-order chi connectivity index (χ0) is 19.8. The predicted octanol–water partition coefficient (Wildman–Crippen LogP) is 10.6. The van der Waals surface area contributed by atoms with Gasteiger partial charge in [-0.05, 0) is 5.92 Å². The smallest absolute Gasteiger partial charge is 0.0417 e. The van der Waals surface area contributed by atoms with Crippen LogP contribution in [0.25, 0.3) is 0 Å². The van der Waals surface area contributed by atoms with Crippen molar-refractivity contribution >= 4 is 0 Å². The van der Waals surface area contributed by atoms with Gasteiger partial charge in [0.2, 0.25) is 0 Å². The van der Waals surface area contributed by atoms with Crippen LogP contribution in [0.3, 0.4) is 0 Å². The molecule has 27 heavy (non-hydrogen) atoms. The third-order valence-corrected chi connectivity index (χ3v) is 6.51. The van der Waals surface area contributed by atoms with Gasteiger partial charge in [0.25, 0.3) is 0 Å². The van der Waals surface area contributed by atoms with Gasteiger partial charge in [0, 0.05) is 0 Å². The molecule has 0 saturated heterocycles. The Kier molecular flexibility index (Phi) is 24.0. The molecule has 0 rings (SSSR count). The summed E-state index contributed by atoms with van der Waals surface area (Å²) in [7, 11) is 0. The summed E-state index contributed by atoms with van der Waals surface area (Å²) in [6, 6.07) is 0. The van der Waals surface area contributed by atoms with Gasteiger partial charge in [-0.2, -0.15) is 0 Å². The van der Waals surface area contributed by atoms with E-state index in [0.717, 1.165) is 5.92 Å². The van der Waals surface area contributed by atoms with Crippen molar-refractivity contribution in [3.63, 3.8) is 0 Å². The normalized spacial score (nSPS) is 12.6. The first-order valence-corrected chi connectivity index (χ1v) is 13.3. The largest absolute Gasteiger partial charge is 0.0654 e. The molecule has 164 valence electrons. The van der Waals surface area contributed by atoms with E-state index < -0.39 is 0 Å². The average Bonchev–Trinajstić information content (AvgIpc) is 2.69. The Labute approximate surface area is 174 Å². The van der Waals surface area contributed by atoms with Gasteiger partial charge in [-0.3, -0.25) is 0 Å². The maximum Gasteiger partial charge on any atom is -0.0417 e. The Bertz CT molecular complexity index is 244. The van der Waals surface area contributed by atoms with Crippen LogP contribution in [0.4, 0.5) is 0 Å². The van der Waals surface area contributed by atoms with E-state index >= 15 is 0 Å². The quantitative estimate of drug-likeness (QED) is 0.155. The fourth-order valence-corrected chi connectivity index (χ4v) is 4.39. The maximum absolute atomic E-state index is 2.39. The second-order valence-electron chi connectivity index (χ2n) is 9.22. The molecular formula is C27H56. The summed E-state index contributed by atoms with van der Waals surface area (Å²) >= 11 is 0. The van der Waals surface area contributed by atoms with Crippen LogP contribution < -0.4 is 0 Å². The van der Waals surface area contributed by atoms with Gasteiger partial charge in [-0.1, -0.05) is 168 Å². The van der Waals surface area contributed by atoms with Crippen LogP contribution in [0, 0.1) is 5.92 Å². The molecule has 0 N–H and O–H groups in total. The summed E-state index contributed by atoms with van der Waals surface area (Å²) in [6.45, 7) is 7.01. The minimum Gasteiger partial charge on any atom is -0.0654 e. The molecule has 0 aliphatic rings. The molecule has 0 saturated carbocycles. The molecule has 0 radical (unpaired) electrons. The molecule has 0 heteroatoms. The van der Waals surface area contributed by atoms with Crippen molar-refractivity contribution in [1.82, 2.24) is 0 Å². The molecule has 0 nitrogen and oxygen atoms in total. The second-order valence-corrected chi connectivity index (χ2v) is 9.22. The summed E-state index contributed by atoms with van der Waals surface area (Å²) in [6.07, 6.45) is 33.8. The number of unbranched alkanes of at least 4 members (excludes halogenated alkanes) is 18. The highest BCUT2D eigenvalue weighted by molar-refractivity contribution is 4.59. The van der Waals surface area contributed by atoms with E-state index in [0.29, 0.717) is 0 Å². The molecule has 0 amide bonds. The van der Waals surface area contributed by atoms with Gasteiger partial charge in [-0.25, -0.2) is 0 Å². The van der Waals surface area contributed by atoms with Crippen molar-refractivity contribution < 1.29 is 0 Å². The average molecular weight is 381 g/mol. The molecule has 0 bridgehead atoms. The van der Waals surface area contributed by atoms with Crippen molar-refractivity contribution in [3.8, 4) is 0 Å². The molecule has 0 aromatic heterocycles. The molecule has 0 aliphatic heterocycles. The monoisotopic (exact) mass is 380 g/mol. The summed E-state index contributed by atoms with van der Waals surface area (Å²) < 4.78 is 0. The fourth-order valence-electron chi connectivity index (χ4n) is 4.39. The molecule has 0 aromatic rings. The summed E-state index contributed by atoms with van der Waals surface area (Å²) in [5.74, 6) is 1.02. The highest BCUT2D eigenvalue weighted by Crippen LogP contribution is 2.21. The molecule has 0 aliphatic carbocycles. The summed E-state index contributed by atoms with van der Waals surface area (Å²) in [5.41, 5.74) is 0. The molecule has 1 unspecified atom stereocenters. The molecular weight excluding hydrogens is 324 g/mol. The van der Waals surface area contributed by atoms with E-state index in [1.54, 1.807) is 0 Å². The van der Waals surface area contributed by atoms with E-state index in [-0.39, 0.29) is 0 Å². The fraction of sp³-hybridized carbons (Fsp3) is 1.00. The van der Waals surface area contributed by atoms with Crippen LogP contribution in [-0.2, 0) is 0 Å². The van der Waals surface area contributed by atoms with Gasteiger partial charge < -0.3 is 0 Å². The Balaban J connectivity index is 3.14. The van der Waals surface area contributed by atoms with Gasteiger partial charge in [-0.15, -0.1) is 0 Å². The van der Waals surface area contributed by atoms with E-state index in [4.69, 9.17) is 0 Å². The lowest BCUT2D eigenvalue weighted by Gasteiger charge is -2.14. The van der Waals surface area contributed by atoms with Crippen LogP contribution in [0.2, 0.25) is 0 Å². The molecule has 0 aromatic carbocycles. The SMILES string of the molecule is CCCCCCCCCCCCCCCCCCCC(CC)CCCCC. The van der Waals surface area contributed by atoms with Crippen molar-refractivity contribution in [2.45, 2.75) is 168 Å². The van der Waals surface area contributed by atoms with Crippen molar-refractivity contribution in [3.05, 3.63) is 0 Å². The molecule has 0 spiro atoms. The Morgan fingerprint density at radius 2 is 0.593 bits per heavy atom. The maximum atomic E-state index is 2.39. The van der Waals surface area contributed by atoms with Gasteiger partial charge in [0.1, 0.15) is 0 Å². The zero-order valence-corrected chi connectivity index (χ0v) is 19.8. The third kappa shape index (κ3) is 22.2. The summed E-state index contributed by atoms with van der Waals surface area (Å²) in [5, 5.41) is 0. The minimum atomic E-state index is 1.02. The van der Waals surface area contributed by atoms with Gasteiger partial charge in [0.15, 0.2) is 0 Å². The molecule has 0 heterocycles. The minimum absolute atomic E-state index is 1.02. The van der Waals surface area contributed by atoms with Crippen LogP contribution >= 0.6 is 0 Å². The molecule has 1 atom stereocenters. The first-order valence-electron chi connectivity index (χ1n) is 13.3. The lowest BCUT2D eigenvalue weighted by molar-refractivity contribution is 0.395. The third-order valence-electron chi connectivity index (χ3n) is 6.51.